The monoisotopic (exact) mass is 679 g/mol. The topological polar surface area (TPSA) is 77.6 Å². The van der Waals surface area contributed by atoms with Gasteiger partial charge in [-0.1, -0.05) is 140 Å². The highest BCUT2D eigenvalue weighted by molar-refractivity contribution is 6.21. The van der Waals surface area contributed by atoms with Crippen molar-refractivity contribution < 1.29 is 4.42 Å². The maximum atomic E-state index is 6.51. The number of furan rings is 1. The highest BCUT2D eigenvalue weighted by atomic mass is 16.3. The second kappa shape index (κ2) is 12.8. The van der Waals surface area contributed by atoms with Crippen LogP contribution in [-0.2, 0) is 0 Å². The van der Waals surface area contributed by atoms with Crippen molar-refractivity contribution in [3.63, 3.8) is 0 Å². The van der Waals surface area contributed by atoms with Crippen LogP contribution in [0, 0.1) is 0 Å². The number of hydrogen-bond donors (Lipinski definition) is 0. The van der Waals surface area contributed by atoms with Crippen LogP contribution < -0.4 is 0 Å². The smallest absolute Gasteiger partial charge is 0.164 e. The number of fused-ring (bicyclic) bond motifs is 5. The van der Waals surface area contributed by atoms with Crippen molar-refractivity contribution in [1.82, 2.24) is 24.9 Å². The van der Waals surface area contributed by atoms with Gasteiger partial charge in [0.1, 0.15) is 17.5 Å². The van der Waals surface area contributed by atoms with Crippen LogP contribution in [-0.4, -0.2) is 24.9 Å². The normalized spacial score (nSPS) is 11.4. The SMILES string of the molecule is c1ccc(-c2ccc(-c3nc(-c4ccccc4)nc(-c4cccc(-c5cccc(-c6cc7cncnc7c7c6oc6ccccc67)c5)c4)n3)cc2)cc1. The van der Waals surface area contributed by atoms with Gasteiger partial charge in [-0.15, -0.1) is 0 Å². The first kappa shape index (κ1) is 30.5. The van der Waals surface area contributed by atoms with Crippen LogP contribution in [0.4, 0.5) is 0 Å². The molecule has 0 radical (unpaired) electrons. The van der Waals surface area contributed by atoms with Crippen molar-refractivity contribution in [2.24, 2.45) is 0 Å². The third kappa shape index (κ3) is 5.59. The summed E-state index contributed by atoms with van der Waals surface area (Å²) >= 11 is 0. The van der Waals surface area contributed by atoms with Crippen molar-refractivity contribution in [2.75, 3.05) is 0 Å². The molecule has 3 aromatic heterocycles. The predicted molar refractivity (Wildman–Crippen MR) is 213 cm³/mol. The van der Waals surface area contributed by atoms with Gasteiger partial charge in [0.15, 0.2) is 17.5 Å². The summed E-state index contributed by atoms with van der Waals surface area (Å²) in [5.41, 5.74) is 11.7. The highest BCUT2D eigenvalue weighted by Crippen LogP contribution is 2.41. The van der Waals surface area contributed by atoms with Crippen LogP contribution in [0.25, 0.3) is 100 Å². The molecular weight excluding hydrogens is 651 g/mol. The number of para-hydroxylation sites is 1. The van der Waals surface area contributed by atoms with E-state index in [0.717, 1.165) is 82.9 Å². The fourth-order valence-corrected chi connectivity index (χ4v) is 7.06. The predicted octanol–water partition coefficient (Wildman–Crippen LogP) is 11.7. The zero-order valence-electron chi connectivity index (χ0n) is 28.4. The van der Waals surface area contributed by atoms with Gasteiger partial charge in [-0.3, -0.25) is 0 Å². The molecule has 248 valence electrons. The van der Waals surface area contributed by atoms with Gasteiger partial charge in [-0.25, -0.2) is 24.9 Å². The lowest BCUT2D eigenvalue weighted by Crippen LogP contribution is -2.00. The Hall–Kier alpha value is -7.31. The molecule has 0 bridgehead atoms. The third-order valence-corrected chi connectivity index (χ3v) is 9.66. The van der Waals surface area contributed by atoms with E-state index in [4.69, 9.17) is 19.4 Å². The van der Waals surface area contributed by atoms with E-state index >= 15 is 0 Å². The Kier molecular flexibility index (Phi) is 7.36. The Balaban J connectivity index is 1.07. The first-order valence-electron chi connectivity index (χ1n) is 17.5. The molecular formula is C47H29N5O. The summed E-state index contributed by atoms with van der Waals surface area (Å²) in [7, 11) is 0. The number of hydrogen-bond acceptors (Lipinski definition) is 6. The van der Waals surface area contributed by atoms with Crippen LogP contribution in [0.3, 0.4) is 0 Å². The van der Waals surface area contributed by atoms with Gasteiger partial charge in [0, 0.05) is 39.2 Å². The highest BCUT2D eigenvalue weighted by Gasteiger charge is 2.18. The van der Waals surface area contributed by atoms with Gasteiger partial charge < -0.3 is 4.42 Å². The van der Waals surface area contributed by atoms with Gasteiger partial charge in [-0.2, -0.15) is 0 Å². The summed E-state index contributed by atoms with van der Waals surface area (Å²) in [6.45, 7) is 0. The molecule has 6 nitrogen and oxygen atoms in total. The van der Waals surface area contributed by atoms with Gasteiger partial charge in [0.2, 0.25) is 0 Å². The minimum absolute atomic E-state index is 0.609. The molecule has 0 amide bonds. The van der Waals surface area contributed by atoms with Crippen molar-refractivity contribution in [3.05, 3.63) is 176 Å². The van der Waals surface area contributed by atoms with E-state index in [0.29, 0.717) is 17.5 Å². The molecule has 0 atom stereocenters. The Labute approximate surface area is 305 Å². The van der Waals surface area contributed by atoms with Crippen LogP contribution in [0.2, 0.25) is 0 Å². The first-order valence-corrected chi connectivity index (χ1v) is 17.5. The number of nitrogens with zero attached hydrogens (tertiary/aromatic N) is 5. The van der Waals surface area contributed by atoms with E-state index in [2.05, 4.69) is 119 Å². The summed E-state index contributed by atoms with van der Waals surface area (Å²) in [6, 6.07) is 56.0. The quantitative estimate of drug-likeness (QED) is 0.174. The molecule has 10 rings (SSSR count). The number of aromatic nitrogens is 5. The fourth-order valence-electron chi connectivity index (χ4n) is 7.06. The van der Waals surface area contributed by atoms with Crippen LogP contribution in [0.1, 0.15) is 0 Å². The molecule has 0 aliphatic rings. The molecule has 0 N–H and O–H groups in total. The average Bonchev–Trinajstić information content (AvgIpc) is 3.64. The first-order chi connectivity index (χ1) is 26.2. The lowest BCUT2D eigenvalue weighted by Gasteiger charge is -2.11. The molecule has 7 aromatic carbocycles. The second-order valence-electron chi connectivity index (χ2n) is 13.0. The average molecular weight is 680 g/mol. The summed E-state index contributed by atoms with van der Waals surface area (Å²) in [6.07, 6.45) is 3.46. The van der Waals surface area contributed by atoms with E-state index in [1.807, 2.05) is 60.8 Å². The zero-order valence-corrected chi connectivity index (χ0v) is 28.4. The molecule has 6 heteroatoms. The Morgan fingerprint density at radius 1 is 0.415 bits per heavy atom. The van der Waals surface area contributed by atoms with Crippen molar-refractivity contribution in [1.29, 1.82) is 0 Å². The second-order valence-corrected chi connectivity index (χ2v) is 13.0. The molecule has 0 saturated carbocycles. The zero-order chi connectivity index (χ0) is 35.1. The molecule has 0 aliphatic carbocycles. The summed E-state index contributed by atoms with van der Waals surface area (Å²) < 4.78 is 6.51. The minimum Gasteiger partial charge on any atom is -0.455 e. The molecule has 0 fully saturated rings. The Bertz CT molecular complexity index is 2940. The molecule has 53 heavy (non-hydrogen) atoms. The largest absolute Gasteiger partial charge is 0.455 e. The summed E-state index contributed by atoms with van der Waals surface area (Å²) in [5.74, 6) is 1.86. The molecule has 0 unspecified atom stereocenters. The van der Waals surface area contributed by atoms with E-state index in [1.165, 1.54) is 0 Å². The molecule has 0 spiro atoms. The number of benzene rings is 7. The van der Waals surface area contributed by atoms with Crippen molar-refractivity contribution in [3.8, 4) is 67.5 Å². The number of rotatable bonds is 6. The lowest BCUT2D eigenvalue weighted by atomic mass is 9.95. The fraction of sp³-hybridized carbons (Fsp3) is 0. The molecule has 10 aromatic rings. The van der Waals surface area contributed by atoms with E-state index in [9.17, 15) is 0 Å². The van der Waals surface area contributed by atoms with Gasteiger partial charge in [-0.05, 0) is 52.1 Å². The molecule has 3 heterocycles. The maximum Gasteiger partial charge on any atom is 0.164 e. The lowest BCUT2D eigenvalue weighted by molar-refractivity contribution is 0.670. The molecule has 0 aliphatic heterocycles. The summed E-state index contributed by atoms with van der Waals surface area (Å²) in [5, 5.41) is 3.00. The van der Waals surface area contributed by atoms with Gasteiger partial charge in [0.25, 0.3) is 0 Å². The van der Waals surface area contributed by atoms with Crippen LogP contribution in [0.5, 0.6) is 0 Å². The van der Waals surface area contributed by atoms with Crippen LogP contribution >= 0.6 is 0 Å². The van der Waals surface area contributed by atoms with E-state index < -0.39 is 0 Å². The standard InChI is InChI=1S/C47H29N5O/c1-3-11-30(12-4-1)31-21-23-33(24-22-31)46-50-45(32-13-5-2-6-14-32)51-47(52-46)37-18-10-16-35(26-37)34-15-9-17-36(25-34)40-27-38-28-48-29-49-43(38)42-39-19-7-8-20-41(39)53-44(40)42/h1-29H. The van der Waals surface area contributed by atoms with E-state index in [1.54, 1.807) is 6.33 Å². The Morgan fingerprint density at radius 2 is 0.943 bits per heavy atom. The van der Waals surface area contributed by atoms with Crippen molar-refractivity contribution >= 4 is 32.8 Å². The third-order valence-electron chi connectivity index (χ3n) is 9.66. The maximum absolute atomic E-state index is 6.51. The van der Waals surface area contributed by atoms with Gasteiger partial charge >= 0.3 is 0 Å². The summed E-state index contributed by atoms with van der Waals surface area (Å²) in [4.78, 5) is 24.0. The van der Waals surface area contributed by atoms with Crippen molar-refractivity contribution in [2.45, 2.75) is 0 Å². The van der Waals surface area contributed by atoms with Gasteiger partial charge in [0.05, 0.1) is 10.9 Å². The minimum atomic E-state index is 0.609. The molecule has 0 saturated heterocycles. The van der Waals surface area contributed by atoms with E-state index in [-0.39, 0.29) is 0 Å². The van der Waals surface area contributed by atoms with Crippen LogP contribution in [0.15, 0.2) is 181 Å². The Morgan fingerprint density at radius 3 is 1.68 bits per heavy atom.